The van der Waals surface area contributed by atoms with Crippen LogP contribution in [0.2, 0.25) is 0 Å². The summed E-state index contributed by atoms with van der Waals surface area (Å²) >= 11 is 0. The van der Waals surface area contributed by atoms with Crippen molar-refractivity contribution in [3.63, 3.8) is 0 Å². The number of anilines is 2. The monoisotopic (exact) mass is 368 g/mol. The number of hydrogen-bond acceptors (Lipinski definition) is 3. The second-order valence-electron chi connectivity index (χ2n) is 6.13. The van der Waals surface area contributed by atoms with Crippen molar-refractivity contribution < 1.29 is 13.2 Å². The van der Waals surface area contributed by atoms with E-state index in [0.29, 0.717) is 22.9 Å². The molecule has 4 nitrogen and oxygen atoms in total. The van der Waals surface area contributed by atoms with Crippen molar-refractivity contribution in [1.82, 2.24) is 14.6 Å². The Morgan fingerprint density at radius 2 is 1.70 bits per heavy atom. The first-order chi connectivity index (χ1) is 12.9. The second-order valence-corrected chi connectivity index (χ2v) is 6.13. The van der Waals surface area contributed by atoms with Gasteiger partial charge in [-0.25, -0.2) is 4.52 Å². The standard InChI is InChI=1S/C20H15F3N4/c1-13-6-2-3-9-16(13)24-19-25-18-11-5-10-17(27(18)26-19)14-7-4-8-15(12-14)20(21,22)23/h2-12H,1H3,(H,24,26). The fourth-order valence-electron chi connectivity index (χ4n) is 2.87. The Morgan fingerprint density at radius 1 is 0.926 bits per heavy atom. The first kappa shape index (κ1) is 17.1. The predicted octanol–water partition coefficient (Wildman–Crippen LogP) is 5.47. The van der Waals surface area contributed by atoms with Crippen molar-refractivity contribution in [1.29, 1.82) is 0 Å². The first-order valence-electron chi connectivity index (χ1n) is 8.28. The van der Waals surface area contributed by atoms with Crippen molar-refractivity contribution in [3.05, 3.63) is 77.9 Å². The minimum Gasteiger partial charge on any atom is -0.323 e. The number of halogens is 3. The number of nitrogens with one attached hydrogen (secondary N) is 1. The summed E-state index contributed by atoms with van der Waals surface area (Å²) in [6.45, 7) is 1.96. The quantitative estimate of drug-likeness (QED) is 0.522. The smallest absolute Gasteiger partial charge is 0.323 e. The van der Waals surface area contributed by atoms with Crippen LogP contribution in [0.25, 0.3) is 16.9 Å². The van der Waals surface area contributed by atoms with E-state index >= 15 is 0 Å². The van der Waals surface area contributed by atoms with E-state index in [1.165, 1.54) is 10.6 Å². The Bertz CT molecular complexity index is 1120. The second kappa shape index (κ2) is 6.42. The molecule has 1 N–H and O–H groups in total. The molecule has 0 aliphatic carbocycles. The molecule has 0 spiro atoms. The van der Waals surface area contributed by atoms with Crippen LogP contribution in [0.4, 0.5) is 24.8 Å². The lowest BCUT2D eigenvalue weighted by molar-refractivity contribution is -0.137. The van der Waals surface area contributed by atoms with Gasteiger partial charge in [0.05, 0.1) is 11.3 Å². The van der Waals surface area contributed by atoms with Crippen molar-refractivity contribution in [2.75, 3.05) is 5.32 Å². The fourth-order valence-corrected chi connectivity index (χ4v) is 2.87. The van der Waals surface area contributed by atoms with Gasteiger partial charge >= 0.3 is 6.18 Å². The molecule has 2 aromatic heterocycles. The minimum atomic E-state index is -4.40. The molecule has 0 aliphatic heterocycles. The number of rotatable bonds is 3. The zero-order chi connectivity index (χ0) is 19.0. The maximum Gasteiger partial charge on any atom is 0.416 e. The normalized spacial score (nSPS) is 11.7. The van der Waals surface area contributed by atoms with Crippen LogP contribution in [0, 0.1) is 6.92 Å². The molecule has 0 amide bonds. The van der Waals surface area contributed by atoms with E-state index in [1.54, 1.807) is 24.3 Å². The SMILES string of the molecule is Cc1ccccc1Nc1nc2cccc(-c3cccc(C(F)(F)F)c3)n2n1. The number of pyridine rings is 1. The number of benzene rings is 2. The molecule has 27 heavy (non-hydrogen) atoms. The molecule has 0 bridgehead atoms. The van der Waals surface area contributed by atoms with Gasteiger partial charge in [-0.05, 0) is 42.8 Å². The van der Waals surface area contributed by atoms with Gasteiger partial charge in [0.15, 0.2) is 5.65 Å². The Labute approximate surface area is 153 Å². The van der Waals surface area contributed by atoms with E-state index in [4.69, 9.17) is 0 Å². The Hall–Kier alpha value is -3.35. The highest BCUT2D eigenvalue weighted by molar-refractivity contribution is 5.66. The zero-order valence-corrected chi connectivity index (χ0v) is 14.3. The molecule has 7 heteroatoms. The highest BCUT2D eigenvalue weighted by Gasteiger charge is 2.30. The largest absolute Gasteiger partial charge is 0.416 e. The Balaban J connectivity index is 1.77. The lowest BCUT2D eigenvalue weighted by atomic mass is 10.1. The number of nitrogens with zero attached hydrogens (tertiary/aromatic N) is 3. The van der Waals surface area contributed by atoms with Gasteiger partial charge in [0.1, 0.15) is 0 Å². The summed E-state index contributed by atoms with van der Waals surface area (Å²) in [5.41, 5.74) is 2.70. The molecule has 4 aromatic rings. The molecule has 0 saturated heterocycles. The highest BCUT2D eigenvalue weighted by Crippen LogP contribution is 2.32. The molecular formula is C20H15F3N4. The molecule has 2 aromatic carbocycles. The van der Waals surface area contributed by atoms with Gasteiger partial charge in [0.25, 0.3) is 0 Å². The average molecular weight is 368 g/mol. The molecule has 0 fully saturated rings. The van der Waals surface area contributed by atoms with Gasteiger partial charge < -0.3 is 5.32 Å². The maximum atomic E-state index is 13.0. The summed E-state index contributed by atoms with van der Waals surface area (Å²) in [4.78, 5) is 4.42. The van der Waals surface area contributed by atoms with Gasteiger partial charge in [-0.1, -0.05) is 36.4 Å². The van der Waals surface area contributed by atoms with E-state index in [0.717, 1.165) is 23.4 Å². The van der Waals surface area contributed by atoms with Crippen molar-refractivity contribution >= 4 is 17.3 Å². The van der Waals surface area contributed by atoms with Gasteiger partial charge in [-0.3, -0.25) is 0 Å². The number of para-hydroxylation sites is 1. The molecule has 0 saturated carbocycles. The minimum absolute atomic E-state index is 0.378. The summed E-state index contributed by atoms with van der Waals surface area (Å²) in [6.07, 6.45) is -4.40. The average Bonchev–Trinajstić information content (AvgIpc) is 3.05. The van der Waals surface area contributed by atoms with Gasteiger partial charge in [0, 0.05) is 11.3 Å². The summed E-state index contributed by atoms with van der Waals surface area (Å²) in [6, 6.07) is 18.1. The zero-order valence-electron chi connectivity index (χ0n) is 14.3. The molecule has 0 unspecified atom stereocenters. The fraction of sp³-hybridized carbons (Fsp3) is 0.100. The van der Waals surface area contributed by atoms with Crippen molar-refractivity contribution in [2.24, 2.45) is 0 Å². The van der Waals surface area contributed by atoms with Gasteiger partial charge in [-0.15, -0.1) is 5.10 Å². The Kier molecular flexibility index (Phi) is 4.07. The van der Waals surface area contributed by atoms with E-state index in [-0.39, 0.29) is 0 Å². The van der Waals surface area contributed by atoms with Gasteiger partial charge in [-0.2, -0.15) is 18.2 Å². The third-order valence-electron chi connectivity index (χ3n) is 4.24. The molecule has 4 rings (SSSR count). The predicted molar refractivity (Wildman–Crippen MR) is 97.9 cm³/mol. The van der Waals surface area contributed by atoms with Crippen LogP contribution in [0.5, 0.6) is 0 Å². The molecule has 136 valence electrons. The molecular weight excluding hydrogens is 353 g/mol. The lowest BCUT2D eigenvalue weighted by Crippen LogP contribution is -2.05. The summed E-state index contributed by atoms with van der Waals surface area (Å²) in [7, 11) is 0. The van der Waals surface area contributed by atoms with Crippen LogP contribution in [-0.2, 0) is 6.18 Å². The number of aryl methyl sites for hydroxylation is 1. The molecule has 0 radical (unpaired) electrons. The van der Waals surface area contributed by atoms with Crippen molar-refractivity contribution in [3.8, 4) is 11.3 Å². The van der Waals surface area contributed by atoms with E-state index < -0.39 is 11.7 Å². The third-order valence-corrected chi connectivity index (χ3v) is 4.24. The summed E-state index contributed by atoms with van der Waals surface area (Å²) < 4.78 is 40.6. The first-order valence-corrected chi connectivity index (χ1v) is 8.28. The van der Waals surface area contributed by atoms with E-state index in [2.05, 4.69) is 15.4 Å². The number of hydrogen-bond donors (Lipinski definition) is 1. The molecule has 0 atom stereocenters. The van der Waals surface area contributed by atoms with E-state index in [1.807, 2.05) is 31.2 Å². The summed E-state index contributed by atoms with van der Waals surface area (Å²) in [5, 5.41) is 7.58. The number of fused-ring (bicyclic) bond motifs is 1. The Morgan fingerprint density at radius 3 is 2.48 bits per heavy atom. The van der Waals surface area contributed by atoms with Crippen LogP contribution in [0.1, 0.15) is 11.1 Å². The third kappa shape index (κ3) is 3.36. The number of alkyl halides is 3. The highest BCUT2D eigenvalue weighted by atomic mass is 19.4. The van der Waals surface area contributed by atoms with Crippen molar-refractivity contribution in [2.45, 2.75) is 13.1 Å². The molecule has 0 aliphatic rings. The van der Waals surface area contributed by atoms with Crippen LogP contribution in [0.3, 0.4) is 0 Å². The van der Waals surface area contributed by atoms with Crippen LogP contribution in [-0.4, -0.2) is 14.6 Å². The summed E-state index contributed by atoms with van der Waals surface area (Å²) in [5.74, 6) is 0.378. The topological polar surface area (TPSA) is 42.2 Å². The number of aromatic nitrogens is 3. The van der Waals surface area contributed by atoms with Crippen LogP contribution >= 0.6 is 0 Å². The molecule has 2 heterocycles. The van der Waals surface area contributed by atoms with Gasteiger partial charge in [0.2, 0.25) is 5.95 Å². The lowest BCUT2D eigenvalue weighted by Gasteiger charge is -2.09. The van der Waals surface area contributed by atoms with Crippen LogP contribution in [0.15, 0.2) is 66.7 Å². The van der Waals surface area contributed by atoms with Crippen LogP contribution < -0.4 is 5.32 Å². The van der Waals surface area contributed by atoms with E-state index in [9.17, 15) is 13.2 Å². The maximum absolute atomic E-state index is 13.0.